The monoisotopic (exact) mass is 477 g/mol. The number of nitrogens with zero attached hydrogens (tertiary/aromatic N) is 1. The molecule has 0 bridgehead atoms. The number of Topliss-reactive ketones (excluding diaryl/α,β-unsaturated/α-hetero) is 1. The average Bonchev–Trinajstić information content (AvgIpc) is 3.43. The lowest BCUT2D eigenvalue weighted by Crippen LogP contribution is -2.57. The van der Waals surface area contributed by atoms with Crippen molar-refractivity contribution in [2.75, 3.05) is 24.1 Å². The first kappa shape index (κ1) is 23.7. The number of rotatable bonds is 6. The van der Waals surface area contributed by atoms with Crippen molar-refractivity contribution in [1.82, 2.24) is 10.2 Å². The van der Waals surface area contributed by atoms with E-state index < -0.39 is 33.4 Å². The molecule has 2 aliphatic heterocycles. The molecule has 3 aliphatic rings. The Morgan fingerprint density at radius 1 is 1.18 bits per heavy atom. The predicted molar refractivity (Wildman–Crippen MR) is 122 cm³/mol. The van der Waals surface area contributed by atoms with E-state index in [0.717, 1.165) is 31.9 Å². The van der Waals surface area contributed by atoms with Crippen LogP contribution >= 0.6 is 0 Å². The van der Waals surface area contributed by atoms with Gasteiger partial charge in [-0.3, -0.25) is 19.1 Å². The normalized spacial score (nSPS) is 27.3. The summed E-state index contributed by atoms with van der Waals surface area (Å²) in [5.74, 6) is -0.687. The number of carbonyl (C=O) groups is 3. The molecule has 4 atom stereocenters. The number of sulfonamides is 1. The van der Waals surface area contributed by atoms with Gasteiger partial charge < -0.3 is 15.0 Å². The first-order valence-corrected chi connectivity index (χ1v) is 13.2. The highest BCUT2D eigenvalue weighted by atomic mass is 32.2. The number of ether oxygens (including phenoxy) is 1. The van der Waals surface area contributed by atoms with Crippen LogP contribution in [0.5, 0.6) is 0 Å². The summed E-state index contributed by atoms with van der Waals surface area (Å²) in [5.41, 5.74) is 0.261. The van der Waals surface area contributed by atoms with E-state index in [-0.39, 0.29) is 30.3 Å². The molecule has 1 saturated carbocycles. The number of benzene rings is 1. The van der Waals surface area contributed by atoms with E-state index in [1.165, 1.54) is 24.3 Å². The van der Waals surface area contributed by atoms with Crippen LogP contribution in [0.15, 0.2) is 24.3 Å². The lowest BCUT2D eigenvalue weighted by molar-refractivity contribution is -0.140. The molecule has 9 nitrogen and oxygen atoms in total. The number of amides is 2. The maximum Gasteiger partial charge on any atom is 0.251 e. The van der Waals surface area contributed by atoms with Crippen molar-refractivity contribution in [3.05, 3.63) is 29.8 Å². The Balaban J connectivity index is 1.56. The third-order valence-corrected chi connectivity index (χ3v) is 7.75. The number of anilines is 1. The van der Waals surface area contributed by atoms with Gasteiger partial charge in [0.05, 0.1) is 12.4 Å². The minimum atomic E-state index is -3.42. The Morgan fingerprint density at radius 3 is 2.42 bits per heavy atom. The molecular weight excluding hydrogens is 446 g/mol. The van der Waals surface area contributed by atoms with E-state index in [0.29, 0.717) is 17.8 Å². The van der Waals surface area contributed by atoms with Crippen LogP contribution < -0.4 is 10.0 Å². The molecule has 4 rings (SSSR count). The number of likely N-dealkylation sites (tertiary alicyclic amines) is 1. The van der Waals surface area contributed by atoms with Crippen LogP contribution in [0.3, 0.4) is 0 Å². The van der Waals surface area contributed by atoms with Crippen LogP contribution in [0.4, 0.5) is 5.69 Å². The quantitative estimate of drug-likeness (QED) is 0.641. The van der Waals surface area contributed by atoms with Crippen LogP contribution in [-0.4, -0.2) is 68.5 Å². The summed E-state index contributed by atoms with van der Waals surface area (Å²) in [7, 11) is -3.42. The third kappa shape index (κ3) is 4.77. The molecule has 2 heterocycles. The standard InChI is InChI=1S/C23H31N3O6S/c1-14-12-26(18-17(27)13-32-19(14)18)22(29)20(23(2)10-4-5-11-23)24-21(28)15-6-8-16(9-7-15)25-33(3,30)31/h6-9,14,18-20,25H,4-5,10-13H2,1-3H3,(H,24,28)/t14-,18+,19+,20+/m0/s1. The van der Waals surface area contributed by atoms with Gasteiger partial charge in [-0.05, 0) is 42.5 Å². The molecule has 1 aromatic rings. The summed E-state index contributed by atoms with van der Waals surface area (Å²) < 4.78 is 30.8. The Morgan fingerprint density at radius 2 is 1.82 bits per heavy atom. The van der Waals surface area contributed by atoms with Gasteiger partial charge in [-0.15, -0.1) is 0 Å². The summed E-state index contributed by atoms with van der Waals surface area (Å²) in [6, 6.07) is 4.70. The minimum absolute atomic E-state index is 0.0195. The Kier molecular flexibility index (Phi) is 6.26. The summed E-state index contributed by atoms with van der Waals surface area (Å²) >= 11 is 0. The molecule has 0 aromatic heterocycles. The van der Waals surface area contributed by atoms with Crippen LogP contribution in [0.2, 0.25) is 0 Å². The van der Waals surface area contributed by atoms with Gasteiger partial charge in [0.2, 0.25) is 15.9 Å². The molecule has 10 heteroatoms. The smallest absolute Gasteiger partial charge is 0.251 e. The zero-order valence-electron chi connectivity index (χ0n) is 19.2. The largest absolute Gasteiger partial charge is 0.367 e. The van der Waals surface area contributed by atoms with Crippen LogP contribution in [-0.2, 0) is 24.3 Å². The molecule has 0 spiro atoms. The summed E-state index contributed by atoms with van der Waals surface area (Å²) in [6.45, 7) is 4.44. The molecule has 0 radical (unpaired) electrons. The van der Waals surface area contributed by atoms with E-state index in [4.69, 9.17) is 4.74 Å². The van der Waals surface area contributed by atoms with E-state index in [2.05, 4.69) is 10.0 Å². The van der Waals surface area contributed by atoms with Gasteiger partial charge in [0.15, 0.2) is 5.78 Å². The van der Waals surface area contributed by atoms with Crippen molar-refractivity contribution < 1.29 is 27.5 Å². The van der Waals surface area contributed by atoms with E-state index in [1.807, 2.05) is 13.8 Å². The molecule has 2 amide bonds. The molecule has 1 aromatic carbocycles. The van der Waals surface area contributed by atoms with Gasteiger partial charge in [-0.1, -0.05) is 26.7 Å². The first-order valence-electron chi connectivity index (χ1n) is 11.3. The second kappa shape index (κ2) is 8.72. The Bertz CT molecular complexity index is 1050. The highest BCUT2D eigenvalue weighted by molar-refractivity contribution is 7.92. The van der Waals surface area contributed by atoms with Crippen LogP contribution in [0, 0.1) is 11.3 Å². The van der Waals surface area contributed by atoms with E-state index >= 15 is 0 Å². The molecule has 1 aliphatic carbocycles. The molecule has 2 saturated heterocycles. The number of carbonyl (C=O) groups excluding carboxylic acids is 3. The minimum Gasteiger partial charge on any atom is -0.367 e. The molecule has 180 valence electrons. The Labute approximate surface area is 194 Å². The van der Waals surface area contributed by atoms with E-state index in [1.54, 1.807) is 4.90 Å². The summed E-state index contributed by atoms with van der Waals surface area (Å²) in [5, 5.41) is 2.95. The van der Waals surface area contributed by atoms with Gasteiger partial charge in [0, 0.05) is 23.7 Å². The van der Waals surface area contributed by atoms with E-state index in [9.17, 15) is 22.8 Å². The van der Waals surface area contributed by atoms with Gasteiger partial charge in [0.1, 0.15) is 18.7 Å². The van der Waals surface area contributed by atoms with Gasteiger partial charge in [0.25, 0.3) is 5.91 Å². The number of fused-ring (bicyclic) bond motifs is 1. The third-order valence-electron chi connectivity index (χ3n) is 7.14. The highest BCUT2D eigenvalue weighted by Gasteiger charge is 2.54. The molecular formula is C23H31N3O6S. The summed E-state index contributed by atoms with van der Waals surface area (Å²) in [6.07, 6.45) is 4.34. The maximum atomic E-state index is 13.8. The van der Waals surface area contributed by atoms with Crippen LogP contribution in [0.1, 0.15) is 49.9 Å². The molecule has 33 heavy (non-hydrogen) atoms. The number of hydrogen-bond donors (Lipinski definition) is 2. The second-order valence-electron chi connectivity index (χ2n) is 9.87. The topological polar surface area (TPSA) is 122 Å². The average molecular weight is 478 g/mol. The van der Waals surface area contributed by atoms with Gasteiger partial charge >= 0.3 is 0 Å². The SMILES string of the molecule is C[C@H]1CN(C(=O)[C@@H](NC(=O)c2ccc(NS(C)(=O)=O)cc2)C2(C)CCCC2)[C@@H]2C(=O)CO[C@@H]21. The highest BCUT2D eigenvalue weighted by Crippen LogP contribution is 2.42. The van der Waals surface area contributed by atoms with Crippen molar-refractivity contribution in [1.29, 1.82) is 0 Å². The Hall–Kier alpha value is -2.46. The first-order chi connectivity index (χ1) is 15.5. The predicted octanol–water partition coefficient (Wildman–Crippen LogP) is 1.55. The number of hydrogen-bond acceptors (Lipinski definition) is 6. The number of ketones is 1. The fourth-order valence-corrected chi connectivity index (χ4v) is 5.97. The second-order valence-corrected chi connectivity index (χ2v) is 11.6. The fraction of sp³-hybridized carbons (Fsp3) is 0.609. The zero-order valence-corrected chi connectivity index (χ0v) is 20.0. The van der Waals surface area contributed by atoms with Gasteiger partial charge in [-0.25, -0.2) is 8.42 Å². The molecule has 0 unspecified atom stereocenters. The van der Waals surface area contributed by atoms with Crippen molar-refractivity contribution in [2.45, 2.75) is 57.7 Å². The van der Waals surface area contributed by atoms with Crippen molar-refractivity contribution in [3.63, 3.8) is 0 Å². The molecule has 3 fully saturated rings. The molecule has 2 N–H and O–H groups in total. The summed E-state index contributed by atoms with van der Waals surface area (Å²) in [4.78, 5) is 41.0. The van der Waals surface area contributed by atoms with Crippen molar-refractivity contribution >= 4 is 33.3 Å². The zero-order chi connectivity index (χ0) is 24.0. The lowest BCUT2D eigenvalue weighted by atomic mass is 9.79. The maximum absolute atomic E-state index is 13.8. The lowest BCUT2D eigenvalue weighted by Gasteiger charge is -2.37. The van der Waals surface area contributed by atoms with Gasteiger partial charge in [-0.2, -0.15) is 0 Å². The van der Waals surface area contributed by atoms with Crippen LogP contribution in [0.25, 0.3) is 0 Å². The number of nitrogens with one attached hydrogen (secondary N) is 2. The van der Waals surface area contributed by atoms with Crippen molar-refractivity contribution in [2.24, 2.45) is 11.3 Å². The fourth-order valence-electron chi connectivity index (χ4n) is 5.41. The van der Waals surface area contributed by atoms with Crippen molar-refractivity contribution in [3.8, 4) is 0 Å².